The molecule has 0 aliphatic carbocycles. The number of carbonyl (C=O) groups is 2. The Kier molecular flexibility index (Phi) is 7.32. The van der Waals surface area contributed by atoms with Crippen molar-refractivity contribution in [1.82, 2.24) is 10.2 Å². The summed E-state index contributed by atoms with van der Waals surface area (Å²) in [5.41, 5.74) is 1.11. The Hall–Kier alpha value is -3.19. The number of likely N-dealkylation sites (tertiary alicyclic amines) is 1. The second-order valence-corrected chi connectivity index (χ2v) is 11.3. The maximum atomic E-state index is 14.3. The third-order valence-corrected chi connectivity index (χ3v) is 8.01. The molecule has 3 aromatic rings. The highest BCUT2D eigenvalue weighted by molar-refractivity contribution is 6.30. The highest BCUT2D eigenvalue weighted by Crippen LogP contribution is 2.41. The number of anilines is 1. The third-order valence-electron chi connectivity index (χ3n) is 7.76. The van der Waals surface area contributed by atoms with E-state index in [9.17, 15) is 9.59 Å². The number of benzene rings is 3. The van der Waals surface area contributed by atoms with Crippen LogP contribution in [-0.2, 0) is 20.1 Å². The van der Waals surface area contributed by atoms with Gasteiger partial charge < -0.3 is 14.5 Å². The molecule has 0 aromatic heterocycles. The molecule has 0 spiro atoms. The monoisotopic (exact) mass is 531 g/mol. The van der Waals surface area contributed by atoms with Crippen LogP contribution in [-0.4, -0.2) is 49.0 Å². The molecule has 198 valence electrons. The van der Waals surface area contributed by atoms with Crippen LogP contribution in [0.15, 0.2) is 84.9 Å². The minimum absolute atomic E-state index is 0.0742. The van der Waals surface area contributed by atoms with Gasteiger partial charge in [-0.2, -0.15) is 0 Å². The van der Waals surface area contributed by atoms with Gasteiger partial charge in [-0.25, -0.2) is 0 Å². The van der Waals surface area contributed by atoms with Crippen molar-refractivity contribution >= 4 is 29.1 Å². The van der Waals surface area contributed by atoms with Crippen molar-refractivity contribution in [1.29, 1.82) is 0 Å². The van der Waals surface area contributed by atoms with Gasteiger partial charge in [0.25, 0.3) is 0 Å². The van der Waals surface area contributed by atoms with E-state index < -0.39 is 23.2 Å². The second kappa shape index (κ2) is 10.5. The minimum atomic E-state index is -0.988. The van der Waals surface area contributed by atoms with Crippen LogP contribution in [0.25, 0.3) is 0 Å². The van der Waals surface area contributed by atoms with E-state index in [1.807, 2.05) is 86.6 Å². The van der Waals surface area contributed by atoms with Crippen LogP contribution in [0.3, 0.4) is 0 Å². The normalized spacial score (nSPS) is 22.2. The van der Waals surface area contributed by atoms with Crippen molar-refractivity contribution in [2.75, 3.05) is 25.1 Å². The zero-order chi connectivity index (χ0) is 26.9. The fourth-order valence-corrected chi connectivity index (χ4v) is 5.65. The molecule has 2 aliphatic rings. The lowest BCUT2D eigenvalue weighted by Crippen LogP contribution is -2.67. The summed E-state index contributed by atoms with van der Waals surface area (Å²) >= 11 is 6.04. The van der Waals surface area contributed by atoms with Crippen LogP contribution in [0, 0.1) is 5.41 Å². The first-order valence-electron chi connectivity index (χ1n) is 13.1. The topological polar surface area (TPSA) is 61.9 Å². The van der Waals surface area contributed by atoms with Gasteiger partial charge in [-0.3, -0.25) is 14.9 Å². The van der Waals surface area contributed by atoms with Crippen LogP contribution in [0.5, 0.6) is 0 Å². The summed E-state index contributed by atoms with van der Waals surface area (Å²) in [4.78, 5) is 31.3. The van der Waals surface area contributed by atoms with Gasteiger partial charge in [0, 0.05) is 40.8 Å². The van der Waals surface area contributed by atoms with Crippen molar-refractivity contribution in [2.45, 2.75) is 44.5 Å². The van der Waals surface area contributed by atoms with Crippen molar-refractivity contribution in [3.05, 3.63) is 101 Å². The van der Waals surface area contributed by atoms with Crippen LogP contribution >= 0.6 is 11.6 Å². The maximum absolute atomic E-state index is 14.3. The first-order valence-corrected chi connectivity index (χ1v) is 13.5. The highest BCUT2D eigenvalue weighted by atomic mass is 35.5. The zero-order valence-electron chi connectivity index (χ0n) is 22.1. The van der Waals surface area contributed by atoms with Crippen LogP contribution < -0.4 is 10.2 Å². The second-order valence-electron chi connectivity index (χ2n) is 10.8. The number of nitrogens with zero attached hydrogens (tertiary/aromatic N) is 2. The third kappa shape index (κ3) is 4.84. The van der Waals surface area contributed by atoms with Gasteiger partial charge in [0.1, 0.15) is 6.04 Å². The maximum Gasteiger partial charge on any atom is 0.249 e. The fraction of sp³-hybridized carbons (Fsp3) is 0.355. The SMILES string of the molecule is CN(C(=O)C1CCCN1C(=O)C1NC(c2ccccc2)(c2ccccc2)OCC1(C)C)c1ccc(Cl)cc1. The fourth-order valence-electron chi connectivity index (χ4n) is 5.53. The molecule has 7 heteroatoms. The number of likely N-dealkylation sites (N-methyl/N-ethyl adjacent to an activating group) is 1. The van der Waals surface area contributed by atoms with Crippen molar-refractivity contribution in [3.63, 3.8) is 0 Å². The molecule has 6 nitrogen and oxygen atoms in total. The molecule has 3 aromatic carbocycles. The van der Waals surface area contributed by atoms with E-state index in [1.54, 1.807) is 29.0 Å². The molecule has 5 rings (SSSR count). The standard InChI is InChI=1S/C31H34ClN3O3/c1-30(2)21-38-31(22-11-6-4-7-12-22,23-13-8-5-9-14-23)33-27(30)29(37)35-20-10-15-26(35)28(36)34(3)25-18-16-24(32)17-19-25/h4-9,11-14,16-19,26-27,33H,10,15,20-21H2,1-3H3. The largest absolute Gasteiger partial charge is 0.351 e. The Balaban J connectivity index is 1.46. The predicted octanol–water partition coefficient (Wildman–Crippen LogP) is 5.21. The van der Waals surface area contributed by atoms with E-state index in [1.165, 1.54) is 0 Å². The van der Waals surface area contributed by atoms with E-state index in [-0.39, 0.29) is 11.8 Å². The number of hydrogen-bond donors (Lipinski definition) is 1. The molecule has 2 fully saturated rings. The van der Waals surface area contributed by atoms with Crippen molar-refractivity contribution < 1.29 is 14.3 Å². The van der Waals surface area contributed by atoms with Crippen molar-refractivity contribution in [3.8, 4) is 0 Å². The first-order chi connectivity index (χ1) is 18.2. The summed E-state index contributed by atoms with van der Waals surface area (Å²) in [5, 5.41) is 4.25. The highest BCUT2D eigenvalue weighted by Gasteiger charge is 2.52. The van der Waals surface area contributed by atoms with E-state index in [0.717, 1.165) is 23.2 Å². The van der Waals surface area contributed by atoms with Crippen LogP contribution in [0.4, 0.5) is 5.69 Å². The molecular weight excluding hydrogens is 498 g/mol. The molecule has 0 bridgehead atoms. The lowest BCUT2D eigenvalue weighted by Gasteiger charge is -2.50. The molecule has 2 saturated heterocycles. The Morgan fingerprint density at radius 2 is 1.53 bits per heavy atom. The lowest BCUT2D eigenvalue weighted by molar-refractivity contribution is -0.166. The van der Waals surface area contributed by atoms with Gasteiger partial charge >= 0.3 is 0 Å². The van der Waals surface area contributed by atoms with Gasteiger partial charge in [0.15, 0.2) is 5.72 Å². The van der Waals surface area contributed by atoms with Gasteiger partial charge in [-0.15, -0.1) is 0 Å². The average Bonchev–Trinajstić information content (AvgIpc) is 3.43. The van der Waals surface area contributed by atoms with Gasteiger partial charge in [0.05, 0.1) is 12.6 Å². The number of halogens is 1. The summed E-state index contributed by atoms with van der Waals surface area (Å²) < 4.78 is 6.61. The molecule has 2 aliphatic heterocycles. The van der Waals surface area contributed by atoms with E-state index >= 15 is 0 Å². The van der Waals surface area contributed by atoms with Gasteiger partial charge in [0.2, 0.25) is 11.8 Å². The molecular formula is C31H34ClN3O3. The molecule has 2 atom stereocenters. The number of rotatable bonds is 5. The molecule has 2 unspecified atom stereocenters. The zero-order valence-corrected chi connectivity index (χ0v) is 22.8. The number of nitrogens with one attached hydrogen (secondary N) is 1. The summed E-state index contributed by atoms with van der Waals surface area (Å²) in [6.07, 6.45) is 1.41. The van der Waals surface area contributed by atoms with Crippen molar-refractivity contribution in [2.24, 2.45) is 5.41 Å². The molecule has 0 radical (unpaired) electrons. The number of ether oxygens (including phenoxy) is 1. The summed E-state index contributed by atoms with van der Waals surface area (Å²) in [5.74, 6) is -0.171. The Labute approximate surface area is 229 Å². The predicted molar refractivity (Wildman–Crippen MR) is 150 cm³/mol. The molecule has 0 saturated carbocycles. The summed E-state index contributed by atoms with van der Waals surface area (Å²) in [6, 6.07) is 26.0. The molecule has 1 N–H and O–H groups in total. The van der Waals surface area contributed by atoms with Gasteiger partial charge in [-0.1, -0.05) is 86.1 Å². The minimum Gasteiger partial charge on any atom is -0.351 e. The average molecular weight is 532 g/mol. The number of hydrogen-bond acceptors (Lipinski definition) is 4. The number of amides is 2. The van der Waals surface area contributed by atoms with E-state index in [2.05, 4.69) is 5.32 Å². The Morgan fingerprint density at radius 1 is 0.947 bits per heavy atom. The molecule has 2 amide bonds. The van der Waals surface area contributed by atoms with Crippen LogP contribution in [0.1, 0.15) is 37.8 Å². The first kappa shape index (κ1) is 26.4. The van der Waals surface area contributed by atoms with Crippen LogP contribution in [0.2, 0.25) is 5.02 Å². The van der Waals surface area contributed by atoms with E-state index in [4.69, 9.17) is 16.3 Å². The van der Waals surface area contributed by atoms with E-state index in [0.29, 0.717) is 24.6 Å². The Morgan fingerprint density at radius 3 is 2.11 bits per heavy atom. The summed E-state index contributed by atoms with van der Waals surface area (Å²) in [6.45, 7) is 4.99. The molecule has 38 heavy (non-hydrogen) atoms. The number of carbonyl (C=O) groups excluding carboxylic acids is 2. The lowest BCUT2D eigenvalue weighted by atomic mass is 9.79. The Bertz CT molecular complexity index is 1240. The summed E-state index contributed by atoms with van der Waals surface area (Å²) in [7, 11) is 1.75. The molecule has 2 heterocycles. The van der Waals surface area contributed by atoms with Gasteiger partial charge in [-0.05, 0) is 37.1 Å². The smallest absolute Gasteiger partial charge is 0.249 e. The quantitative estimate of drug-likeness (QED) is 0.491.